The predicted molar refractivity (Wildman–Crippen MR) is 74.7 cm³/mol. The van der Waals surface area contributed by atoms with Crippen molar-refractivity contribution >= 4 is 40.6 Å². The van der Waals surface area contributed by atoms with Gasteiger partial charge in [-0.05, 0) is 53.3 Å². The Morgan fingerprint density at radius 2 is 2.17 bits per heavy atom. The highest BCUT2D eigenvalue weighted by Crippen LogP contribution is 2.22. The normalized spacial score (nSPS) is 17.4. The van der Waals surface area contributed by atoms with Crippen LogP contribution in [-0.4, -0.2) is 28.5 Å². The monoisotopic (exact) mass is 358 g/mol. The molecule has 1 saturated heterocycles. The molecule has 0 aliphatic carbocycles. The van der Waals surface area contributed by atoms with Gasteiger partial charge in [-0.1, -0.05) is 6.07 Å². The van der Waals surface area contributed by atoms with Crippen LogP contribution in [0.4, 0.5) is 4.79 Å². The van der Waals surface area contributed by atoms with Crippen molar-refractivity contribution in [3.63, 3.8) is 0 Å². The Labute approximate surface area is 118 Å². The van der Waals surface area contributed by atoms with Crippen LogP contribution >= 0.6 is 22.6 Å². The lowest BCUT2D eigenvalue weighted by atomic mass is 10.2. The molecule has 3 amide bonds. The lowest BCUT2D eigenvalue weighted by molar-refractivity contribution is -0.122. The largest absolute Gasteiger partial charge is 0.507 e. The number of aromatic hydroxyl groups is 1. The van der Waals surface area contributed by atoms with Gasteiger partial charge in [0.05, 0.1) is 3.57 Å². The average Bonchev–Trinajstić information content (AvgIpc) is 2.59. The molecule has 2 rings (SSSR count). The molecule has 1 aromatic rings. The van der Waals surface area contributed by atoms with E-state index in [1.165, 1.54) is 0 Å². The van der Waals surface area contributed by atoms with E-state index in [9.17, 15) is 14.7 Å². The fourth-order valence-corrected chi connectivity index (χ4v) is 2.18. The van der Waals surface area contributed by atoms with E-state index in [4.69, 9.17) is 0 Å². The number of phenols is 1. The van der Waals surface area contributed by atoms with E-state index < -0.39 is 6.03 Å². The number of nitrogens with zero attached hydrogens (tertiary/aromatic N) is 1. The third-order valence-electron chi connectivity index (χ3n) is 2.56. The van der Waals surface area contributed by atoms with Gasteiger partial charge in [0.2, 0.25) is 0 Å². The highest BCUT2D eigenvalue weighted by atomic mass is 127. The molecule has 1 aliphatic heterocycles. The molecule has 0 radical (unpaired) electrons. The van der Waals surface area contributed by atoms with E-state index in [0.717, 1.165) is 10.5 Å². The molecule has 0 atom stereocenters. The number of hydrogen-bond acceptors (Lipinski definition) is 3. The van der Waals surface area contributed by atoms with Gasteiger partial charge in [-0.2, -0.15) is 0 Å². The fraction of sp³-hybridized carbons (Fsp3) is 0.167. The van der Waals surface area contributed by atoms with Crippen LogP contribution in [-0.2, 0) is 4.79 Å². The number of nitrogens with one attached hydrogen (secondary N) is 1. The molecule has 6 heteroatoms. The van der Waals surface area contributed by atoms with Gasteiger partial charge in [0, 0.05) is 6.54 Å². The summed E-state index contributed by atoms with van der Waals surface area (Å²) < 4.78 is 0.686. The summed E-state index contributed by atoms with van der Waals surface area (Å²) in [6.45, 7) is 2.08. The molecule has 1 aliphatic rings. The SMILES string of the molecule is CCN1C(=O)N/C(=C/c2ccc(O)c(I)c2)C1=O. The molecular weight excluding hydrogens is 347 g/mol. The summed E-state index contributed by atoms with van der Waals surface area (Å²) in [5.74, 6) is -0.139. The summed E-state index contributed by atoms with van der Waals surface area (Å²) in [6, 6.07) is 4.56. The Kier molecular flexibility index (Phi) is 3.55. The van der Waals surface area contributed by atoms with E-state index in [1.54, 1.807) is 31.2 Å². The van der Waals surface area contributed by atoms with Crippen molar-refractivity contribution in [2.24, 2.45) is 0 Å². The molecular formula is C12H11IN2O3. The minimum Gasteiger partial charge on any atom is -0.507 e. The summed E-state index contributed by atoms with van der Waals surface area (Å²) in [7, 11) is 0. The Morgan fingerprint density at radius 3 is 2.72 bits per heavy atom. The minimum absolute atomic E-state index is 0.190. The number of benzene rings is 1. The van der Waals surface area contributed by atoms with Crippen LogP contribution in [0.1, 0.15) is 12.5 Å². The number of hydrogen-bond donors (Lipinski definition) is 2. The lowest BCUT2D eigenvalue weighted by Crippen LogP contribution is -2.30. The first-order valence-corrected chi connectivity index (χ1v) is 6.44. The number of urea groups is 1. The van der Waals surface area contributed by atoms with Gasteiger partial charge in [0.25, 0.3) is 5.91 Å². The second-order valence-electron chi connectivity index (χ2n) is 3.75. The molecule has 0 saturated carbocycles. The Balaban J connectivity index is 2.32. The van der Waals surface area contributed by atoms with Crippen LogP contribution < -0.4 is 5.32 Å². The molecule has 94 valence electrons. The maximum Gasteiger partial charge on any atom is 0.328 e. The van der Waals surface area contributed by atoms with Gasteiger partial charge >= 0.3 is 6.03 Å². The van der Waals surface area contributed by atoms with Crippen molar-refractivity contribution in [2.45, 2.75) is 6.92 Å². The average molecular weight is 358 g/mol. The molecule has 1 aromatic carbocycles. The van der Waals surface area contributed by atoms with Crippen molar-refractivity contribution in [1.82, 2.24) is 10.2 Å². The number of halogens is 1. The topological polar surface area (TPSA) is 69.6 Å². The van der Waals surface area contributed by atoms with Gasteiger partial charge in [0.15, 0.2) is 0 Å². The van der Waals surface area contributed by atoms with Crippen LogP contribution in [0.25, 0.3) is 6.08 Å². The van der Waals surface area contributed by atoms with Crippen molar-refractivity contribution < 1.29 is 14.7 Å². The number of carbonyl (C=O) groups excluding carboxylic acids is 2. The molecule has 5 nitrogen and oxygen atoms in total. The highest BCUT2D eigenvalue weighted by Gasteiger charge is 2.31. The van der Waals surface area contributed by atoms with Crippen LogP contribution in [0.15, 0.2) is 23.9 Å². The molecule has 18 heavy (non-hydrogen) atoms. The van der Waals surface area contributed by atoms with E-state index in [2.05, 4.69) is 5.32 Å². The van der Waals surface area contributed by atoms with E-state index >= 15 is 0 Å². The third-order valence-corrected chi connectivity index (χ3v) is 3.43. The van der Waals surface area contributed by atoms with Crippen LogP contribution in [0.2, 0.25) is 0 Å². The number of carbonyl (C=O) groups is 2. The Bertz CT molecular complexity index is 554. The Morgan fingerprint density at radius 1 is 1.44 bits per heavy atom. The number of amides is 3. The van der Waals surface area contributed by atoms with E-state index in [-0.39, 0.29) is 17.4 Å². The summed E-state index contributed by atoms with van der Waals surface area (Å²) in [5.41, 5.74) is 1.00. The molecule has 0 aromatic heterocycles. The molecule has 0 spiro atoms. The van der Waals surface area contributed by atoms with Crippen molar-refractivity contribution in [3.05, 3.63) is 33.0 Å². The Hall–Kier alpha value is -1.57. The quantitative estimate of drug-likeness (QED) is 0.482. The summed E-state index contributed by atoms with van der Waals surface area (Å²) in [4.78, 5) is 24.4. The van der Waals surface area contributed by atoms with Gasteiger partial charge in [0.1, 0.15) is 11.4 Å². The van der Waals surface area contributed by atoms with Crippen molar-refractivity contribution in [1.29, 1.82) is 0 Å². The molecule has 0 unspecified atom stereocenters. The van der Waals surface area contributed by atoms with Crippen LogP contribution in [0.3, 0.4) is 0 Å². The minimum atomic E-state index is -0.401. The molecule has 0 bridgehead atoms. The first kappa shape index (κ1) is 12.9. The maximum atomic E-state index is 11.8. The van der Waals surface area contributed by atoms with Gasteiger partial charge in [-0.3, -0.25) is 9.69 Å². The standard InChI is InChI=1S/C12H11IN2O3/c1-2-15-11(17)9(14-12(15)18)6-7-3-4-10(16)8(13)5-7/h3-6,16H,2H2,1H3,(H,14,18)/b9-6+. The zero-order valence-electron chi connectivity index (χ0n) is 9.61. The number of imide groups is 1. The van der Waals surface area contributed by atoms with Crippen molar-refractivity contribution in [2.75, 3.05) is 6.54 Å². The first-order valence-electron chi connectivity index (χ1n) is 5.36. The number of phenolic OH excluding ortho intramolecular Hbond substituents is 1. The molecule has 1 heterocycles. The molecule has 1 fully saturated rings. The van der Waals surface area contributed by atoms with E-state index in [1.807, 2.05) is 22.6 Å². The second-order valence-corrected chi connectivity index (χ2v) is 4.91. The van der Waals surface area contributed by atoms with Crippen LogP contribution in [0.5, 0.6) is 5.75 Å². The third kappa shape index (κ3) is 2.33. The smallest absolute Gasteiger partial charge is 0.328 e. The van der Waals surface area contributed by atoms with Crippen LogP contribution in [0, 0.1) is 3.57 Å². The number of likely N-dealkylation sites (N-methyl/N-ethyl adjacent to an activating group) is 1. The van der Waals surface area contributed by atoms with E-state index in [0.29, 0.717) is 10.1 Å². The zero-order chi connectivity index (χ0) is 13.3. The van der Waals surface area contributed by atoms with Crippen molar-refractivity contribution in [3.8, 4) is 5.75 Å². The first-order chi connectivity index (χ1) is 8.52. The van der Waals surface area contributed by atoms with Gasteiger partial charge in [-0.25, -0.2) is 4.79 Å². The zero-order valence-corrected chi connectivity index (χ0v) is 11.8. The van der Waals surface area contributed by atoms with Gasteiger partial charge < -0.3 is 10.4 Å². The van der Waals surface area contributed by atoms with Gasteiger partial charge in [-0.15, -0.1) is 0 Å². The predicted octanol–water partition coefficient (Wildman–Crippen LogP) is 1.91. The fourth-order valence-electron chi connectivity index (χ4n) is 1.64. The maximum absolute atomic E-state index is 11.8. The lowest BCUT2D eigenvalue weighted by Gasteiger charge is -2.06. The molecule has 2 N–H and O–H groups in total. The second kappa shape index (κ2) is 4.97. The summed E-state index contributed by atoms with van der Waals surface area (Å²) in [5, 5.41) is 11.9. The summed E-state index contributed by atoms with van der Waals surface area (Å²) >= 11 is 2.00. The summed E-state index contributed by atoms with van der Waals surface area (Å²) in [6.07, 6.45) is 1.59. The number of rotatable bonds is 2. The highest BCUT2D eigenvalue weighted by molar-refractivity contribution is 14.1.